The molecule has 1 aliphatic heterocycles. The Morgan fingerprint density at radius 3 is 2.47 bits per heavy atom. The average Bonchev–Trinajstić information content (AvgIpc) is 2.95. The summed E-state index contributed by atoms with van der Waals surface area (Å²) in [7, 11) is 0. The van der Waals surface area contributed by atoms with Crippen LogP contribution in [-0.4, -0.2) is 56.5 Å². The van der Waals surface area contributed by atoms with Crippen LogP contribution in [0.5, 0.6) is 5.75 Å². The second kappa shape index (κ2) is 11.6. The predicted molar refractivity (Wildman–Crippen MR) is 148 cm³/mol. The Bertz CT molecular complexity index is 1350. The van der Waals surface area contributed by atoms with Gasteiger partial charge in [0.25, 0.3) is 5.91 Å². The van der Waals surface area contributed by atoms with Gasteiger partial charge in [-0.2, -0.15) is 0 Å². The molecule has 36 heavy (non-hydrogen) atoms. The number of ether oxygens (including phenoxy) is 2. The Morgan fingerprint density at radius 1 is 0.917 bits per heavy atom. The van der Waals surface area contributed by atoms with Gasteiger partial charge < -0.3 is 14.8 Å². The minimum absolute atomic E-state index is 0.135. The van der Waals surface area contributed by atoms with Crippen LogP contribution >= 0.6 is 11.8 Å². The van der Waals surface area contributed by atoms with Gasteiger partial charge in [0.1, 0.15) is 12.4 Å². The first-order chi connectivity index (χ1) is 17.7. The predicted octanol–water partition coefficient (Wildman–Crippen LogP) is 6.19. The van der Waals surface area contributed by atoms with Crippen LogP contribution in [0.4, 0.5) is 5.69 Å². The van der Waals surface area contributed by atoms with Crippen LogP contribution in [0.2, 0.25) is 0 Å². The molecule has 1 saturated heterocycles. The topological polar surface area (TPSA) is 50.8 Å². The highest BCUT2D eigenvalue weighted by molar-refractivity contribution is 7.98. The number of carbonyl (C=O) groups is 1. The highest BCUT2D eigenvalue weighted by Crippen LogP contribution is 2.32. The molecule has 4 aromatic rings. The van der Waals surface area contributed by atoms with Crippen LogP contribution in [0.25, 0.3) is 21.9 Å². The van der Waals surface area contributed by atoms with Crippen LogP contribution in [0.15, 0.2) is 89.8 Å². The van der Waals surface area contributed by atoms with Crippen molar-refractivity contribution in [3.63, 3.8) is 0 Å². The standard InChI is InChI=1S/C30H30N2O3S/c1-36-25-9-5-7-23(21-25)22-6-4-8-24(20-22)30(33)31-28-12-13-29(27-11-3-2-10-26(27)28)35-19-16-32-14-17-34-18-15-32/h2-13,20-21H,14-19H2,1H3,(H,31,33). The molecule has 0 radical (unpaired) electrons. The Labute approximate surface area is 216 Å². The minimum Gasteiger partial charge on any atom is -0.492 e. The van der Waals surface area contributed by atoms with E-state index in [9.17, 15) is 4.79 Å². The summed E-state index contributed by atoms with van der Waals surface area (Å²) in [5, 5.41) is 5.06. The van der Waals surface area contributed by atoms with Crippen LogP contribution in [0.1, 0.15) is 10.4 Å². The Kier molecular flexibility index (Phi) is 7.86. The molecule has 0 bridgehead atoms. The van der Waals surface area contributed by atoms with E-state index in [1.54, 1.807) is 11.8 Å². The number of morpholine rings is 1. The molecule has 0 atom stereocenters. The van der Waals surface area contributed by atoms with Gasteiger partial charge in [-0.15, -0.1) is 11.8 Å². The number of hydrogen-bond donors (Lipinski definition) is 1. The molecular formula is C30H30N2O3S. The smallest absolute Gasteiger partial charge is 0.255 e. The van der Waals surface area contributed by atoms with Crippen molar-refractivity contribution in [3.8, 4) is 16.9 Å². The van der Waals surface area contributed by atoms with E-state index in [0.717, 1.165) is 66.2 Å². The zero-order valence-corrected chi connectivity index (χ0v) is 21.2. The number of fused-ring (bicyclic) bond motifs is 1. The Morgan fingerprint density at radius 2 is 1.67 bits per heavy atom. The SMILES string of the molecule is CSc1cccc(-c2cccc(C(=O)Nc3ccc(OCCN4CCOCC4)c4ccccc34)c2)c1. The van der Waals surface area contributed by atoms with Gasteiger partial charge in [0.05, 0.1) is 13.2 Å². The van der Waals surface area contributed by atoms with Crippen molar-refractivity contribution in [2.75, 3.05) is 51.0 Å². The molecule has 0 aliphatic carbocycles. The molecule has 0 spiro atoms. The second-order valence-electron chi connectivity index (χ2n) is 8.73. The van der Waals surface area contributed by atoms with Crippen LogP contribution in [-0.2, 0) is 4.74 Å². The second-order valence-corrected chi connectivity index (χ2v) is 9.61. The molecule has 1 amide bonds. The summed E-state index contributed by atoms with van der Waals surface area (Å²) >= 11 is 1.71. The fourth-order valence-corrected chi connectivity index (χ4v) is 4.91. The van der Waals surface area contributed by atoms with Gasteiger partial charge in [0.2, 0.25) is 0 Å². The van der Waals surface area contributed by atoms with E-state index in [1.165, 1.54) is 4.90 Å². The lowest BCUT2D eigenvalue weighted by molar-refractivity contribution is 0.0323. The van der Waals surface area contributed by atoms with Crippen LogP contribution in [0.3, 0.4) is 0 Å². The lowest BCUT2D eigenvalue weighted by Gasteiger charge is -2.26. The van der Waals surface area contributed by atoms with Crippen molar-refractivity contribution in [1.29, 1.82) is 0 Å². The number of carbonyl (C=O) groups excluding carboxylic acids is 1. The third kappa shape index (κ3) is 5.73. The van der Waals surface area contributed by atoms with Crippen LogP contribution in [0, 0.1) is 0 Å². The van der Waals surface area contributed by atoms with Crippen molar-refractivity contribution in [2.24, 2.45) is 0 Å². The first-order valence-electron chi connectivity index (χ1n) is 12.2. The van der Waals surface area contributed by atoms with Crippen molar-refractivity contribution in [2.45, 2.75) is 4.90 Å². The molecular weight excluding hydrogens is 468 g/mol. The Hall–Kier alpha value is -3.32. The van der Waals surface area contributed by atoms with Gasteiger partial charge >= 0.3 is 0 Å². The molecule has 5 rings (SSSR count). The highest BCUT2D eigenvalue weighted by Gasteiger charge is 2.14. The molecule has 6 heteroatoms. The van der Waals surface area contributed by atoms with Gasteiger partial charge in [-0.3, -0.25) is 9.69 Å². The number of benzene rings is 4. The maximum Gasteiger partial charge on any atom is 0.255 e. The third-order valence-corrected chi connectivity index (χ3v) is 7.15. The molecule has 5 nitrogen and oxygen atoms in total. The van der Waals surface area contributed by atoms with E-state index in [-0.39, 0.29) is 5.91 Å². The molecule has 0 saturated carbocycles. The number of rotatable bonds is 8. The van der Waals surface area contributed by atoms with Gasteiger partial charge in [0, 0.05) is 46.6 Å². The lowest BCUT2D eigenvalue weighted by Crippen LogP contribution is -2.38. The summed E-state index contributed by atoms with van der Waals surface area (Å²) in [5.74, 6) is 0.691. The molecule has 4 aromatic carbocycles. The fraction of sp³-hybridized carbons (Fsp3) is 0.233. The quantitative estimate of drug-likeness (QED) is 0.294. The number of thioether (sulfide) groups is 1. The van der Waals surface area contributed by atoms with Crippen molar-refractivity contribution < 1.29 is 14.3 Å². The summed E-state index contributed by atoms with van der Waals surface area (Å²) in [6.45, 7) is 4.93. The third-order valence-electron chi connectivity index (χ3n) is 6.43. The van der Waals surface area contributed by atoms with E-state index in [1.807, 2.05) is 66.7 Å². The molecule has 1 heterocycles. The number of nitrogens with one attached hydrogen (secondary N) is 1. The normalized spacial score (nSPS) is 14.0. The first kappa shape index (κ1) is 24.4. The summed E-state index contributed by atoms with van der Waals surface area (Å²) < 4.78 is 11.6. The average molecular weight is 499 g/mol. The van der Waals surface area contributed by atoms with Gasteiger partial charge in [0.15, 0.2) is 0 Å². The monoisotopic (exact) mass is 498 g/mol. The first-order valence-corrected chi connectivity index (χ1v) is 13.4. The maximum atomic E-state index is 13.2. The molecule has 0 unspecified atom stereocenters. The molecule has 1 N–H and O–H groups in total. The maximum absolute atomic E-state index is 13.2. The van der Waals surface area contributed by atoms with E-state index in [2.05, 4.69) is 34.7 Å². The summed E-state index contributed by atoms with van der Waals surface area (Å²) in [4.78, 5) is 16.8. The number of hydrogen-bond acceptors (Lipinski definition) is 5. The van der Waals surface area contributed by atoms with Crippen molar-refractivity contribution >= 4 is 34.1 Å². The van der Waals surface area contributed by atoms with E-state index >= 15 is 0 Å². The van der Waals surface area contributed by atoms with Gasteiger partial charge in [-0.1, -0.05) is 48.5 Å². The summed E-state index contributed by atoms with van der Waals surface area (Å²) in [6, 6.07) is 28.0. The zero-order chi connectivity index (χ0) is 24.7. The Balaban J connectivity index is 1.32. The number of anilines is 1. The van der Waals surface area contributed by atoms with Crippen molar-refractivity contribution in [1.82, 2.24) is 4.90 Å². The van der Waals surface area contributed by atoms with Gasteiger partial charge in [-0.25, -0.2) is 0 Å². The highest BCUT2D eigenvalue weighted by atomic mass is 32.2. The molecule has 1 fully saturated rings. The molecule has 184 valence electrons. The van der Waals surface area contributed by atoms with E-state index in [0.29, 0.717) is 12.2 Å². The summed E-state index contributed by atoms with van der Waals surface area (Å²) in [5.41, 5.74) is 3.51. The van der Waals surface area contributed by atoms with Crippen LogP contribution < -0.4 is 10.1 Å². The van der Waals surface area contributed by atoms with Gasteiger partial charge in [-0.05, 0) is 53.8 Å². The summed E-state index contributed by atoms with van der Waals surface area (Å²) in [6.07, 6.45) is 2.06. The number of nitrogens with zero attached hydrogens (tertiary/aromatic N) is 1. The largest absolute Gasteiger partial charge is 0.492 e. The lowest BCUT2D eigenvalue weighted by atomic mass is 10.0. The molecule has 0 aromatic heterocycles. The molecule has 1 aliphatic rings. The zero-order valence-electron chi connectivity index (χ0n) is 20.4. The minimum atomic E-state index is -0.135. The van der Waals surface area contributed by atoms with E-state index in [4.69, 9.17) is 9.47 Å². The fourth-order valence-electron chi connectivity index (χ4n) is 4.45. The van der Waals surface area contributed by atoms with E-state index < -0.39 is 0 Å². The number of amides is 1. The van der Waals surface area contributed by atoms with Crippen molar-refractivity contribution in [3.05, 3.63) is 90.5 Å².